The second-order valence-corrected chi connectivity index (χ2v) is 5.75. The first-order valence-electron chi connectivity index (χ1n) is 6.48. The number of hydrogen-bond donors (Lipinski definition) is 0. The van der Waals surface area contributed by atoms with E-state index in [9.17, 15) is 13.2 Å². The highest BCUT2D eigenvalue weighted by molar-refractivity contribution is 5.78. The van der Waals surface area contributed by atoms with E-state index in [0.29, 0.717) is 11.4 Å². The molecule has 1 aromatic heterocycles. The zero-order valence-electron chi connectivity index (χ0n) is 12.0. The summed E-state index contributed by atoms with van der Waals surface area (Å²) in [6.45, 7) is 6.09. The van der Waals surface area contributed by atoms with Crippen LogP contribution in [-0.2, 0) is 11.6 Å². The maximum Gasteiger partial charge on any atom is 0.416 e. The van der Waals surface area contributed by atoms with E-state index in [-0.39, 0.29) is 5.41 Å². The molecule has 0 saturated heterocycles. The molecule has 0 aliphatic heterocycles. The van der Waals surface area contributed by atoms with E-state index in [2.05, 4.69) is 4.99 Å². The Labute approximate surface area is 121 Å². The van der Waals surface area contributed by atoms with Crippen molar-refractivity contribution in [1.29, 1.82) is 0 Å². The third-order valence-corrected chi connectivity index (χ3v) is 2.90. The number of hydrogen-bond acceptors (Lipinski definition) is 2. The van der Waals surface area contributed by atoms with Crippen LogP contribution in [0.3, 0.4) is 0 Å². The Hall–Kier alpha value is -2.04. The summed E-state index contributed by atoms with van der Waals surface area (Å²) < 4.78 is 42.9. The lowest BCUT2D eigenvalue weighted by atomic mass is 9.94. The first-order chi connectivity index (χ1) is 9.66. The monoisotopic (exact) mass is 295 g/mol. The predicted octanol–water partition coefficient (Wildman–Crippen LogP) is 5.35. The summed E-state index contributed by atoms with van der Waals surface area (Å²) in [5.74, 6) is 1.40. The second kappa shape index (κ2) is 5.39. The molecule has 0 unspecified atom stereocenters. The SMILES string of the molecule is CC(C)(C)c1ccc(C=Nc2ccc(C(F)(F)F)cc2)o1. The average Bonchev–Trinajstić information content (AvgIpc) is 2.84. The maximum atomic E-state index is 12.4. The van der Waals surface area contributed by atoms with Gasteiger partial charge in [0.1, 0.15) is 11.5 Å². The molecule has 0 aliphatic rings. The molecule has 0 aliphatic carbocycles. The van der Waals surface area contributed by atoms with Crippen LogP contribution in [0.4, 0.5) is 18.9 Å². The zero-order chi connectivity index (χ0) is 15.7. The van der Waals surface area contributed by atoms with E-state index >= 15 is 0 Å². The molecule has 112 valence electrons. The van der Waals surface area contributed by atoms with Gasteiger partial charge in [-0.25, -0.2) is 0 Å². The Morgan fingerprint density at radius 2 is 1.57 bits per heavy atom. The molecule has 0 N–H and O–H groups in total. The zero-order valence-corrected chi connectivity index (χ0v) is 12.0. The van der Waals surface area contributed by atoms with E-state index in [1.54, 1.807) is 6.07 Å². The number of halogens is 3. The van der Waals surface area contributed by atoms with Crippen molar-refractivity contribution in [3.05, 3.63) is 53.5 Å². The highest BCUT2D eigenvalue weighted by atomic mass is 19.4. The van der Waals surface area contributed by atoms with Gasteiger partial charge in [0.05, 0.1) is 17.5 Å². The van der Waals surface area contributed by atoms with Crippen LogP contribution in [0.5, 0.6) is 0 Å². The van der Waals surface area contributed by atoms with Crippen molar-refractivity contribution >= 4 is 11.9 Å². The van der Waals surface area contributed by atoms with Gasteiger partial charge in [-0.1, -0.05) is 20.8 Å². The molecule has 0 radical (unpaired) electrons. The van der Waals surface area contributed by atoms with Crippen LogP contribution >= 0.6 is 0 Å². The summed E-state index contributed by atoms with van der Waals surface area (Å²) in [7, 11) is 0. The molecule has 21 heavy (non-hydrogen) atoms. The predicted molar refractivity (Wildman–Crippen MR) is 76.1 cm³/mol. The van der Waals surface area contributed by atoms with Crippen molar-refractivity contribution in [1.82, 2.24) is 0 Å². The van der Waals surface area contributed by atoms with Crippen LogP contribution < -0.4 is 0 Å². The van der Waals surface area contributed by atoms with Crippen molar-refractivity contribution in [2.45, 2.75) is 32.4 Å². The molecule has 2 nitrogen and oxygen atoms in total. The van der Waals surface area contributed by atoms with Crippen LogP contribution in [0, 0.1) is 0 Å². The minimum absolute atomic E-state index is 0.0968. The van der Waals surface area contributed by atoms with E-state index in [4.69, 9.17) is 4.42 Å². The summed E-state index contributed by atoms with van der Waals surface area (Å²) in [6, 6.07) is 8.33. The Kier molecular flexibility index (Phi) is 3.94. The number of furan rings is 1. The van der Waals surface area contributed by atoms with Crippen molar-refractivity contribution in [3.8, 4) is 0 Å². The lowest BCUT2D eigenvalue weighted by Gasteiger charge is -2.13. The lowest BCUT2D eigenvalue weighted by molar-refractivity contribution is -0.137. The average molecular weight is 295 g/mol. The molecule has 0 amide bonds. The van der Waals surface area contributed by atoms with E-state index < -0.39 is 11.7 Å². The summed E-state index contributed by atoms with van der Waals surface area (Å²) in [5, 5.41) is 0. The Morgan fingerprint density at radius 3 is 2.05 bits per heavy atom. The highest BCUT2D eigenvalue weighted by Crippen LogP contribution is 2.30. The largest absolute Gasteiger partial charge is 0.460 e. The van der Waals surface area contributed by atoms with Gasteiger partial charge in [0, 0.05) is 5.41 Å². The van der Waals surface area contributed by atoms with E-state index in [0.717, 1.165) is 17.9 Å². The van der Waals surface area contributed by atoms with Gasteiger partial charge in [0.15, 0.2) is 0 Å². The molecule has 0 spiro atoms. The maximum absolute atomic E-state index is 12.4. The molecule has 2 aromatic rings. The third kappa shape index (κ3) is 3.97. The minimum Gasteiger partial charge on any atom is -0.460 e. The van der Waals surface area contributed by atoms with Crippen molar-refractivity contribution in [3.63, 3.8) is 0 Å². The third-order valence-electron chi connectivity index (χ3n) is 2.90. The van der Waals surface area contributed by atoms with Crippen LogP contribution in [0.25, 0.3) is 0 Å². The van der Waals surface area contributed by atoms with Gasteiger partial charge < -0.3 is 4.42 Å². The van der Waals surface area contributed by atoms with Crippen molar-refractivity contribution < 1.29 is 17.6 Å². The quantitative estimate of drug-likeness (QED) is 0.686. The van der Waals surface area contributed by atoms with E-state index in [1.165, 1.54) is 18.3 Å². The first-order valence-corrected chi connectivity index (χ1v) is 6.48. The van der Waals surface area contributed by atoms with E-state index in [1.807, 2.05) is 26.8 Å². The van der Waals surface area contributed by atoms with Gasteiger partial charge in [0.2, 0.25) is 0 Å². The molecular weight excluding hydrogens is 279 g/mol. The van der Waals surface area contributed by atoms with Gasteiger partial charge >= 0.3 is 6.18 Å². The Balaban J connectivity index is 2.13. The number of alkyl halides is 3. The lowest BCUT2D eigenvalue weighted by Crippen LogP contribution is -2.09. The highest BCUT2D eigenvalue weighted by Gasteiger charge is 2.29. The molecule has 0 bridgehead atoms. The smallest absolute Gasteiger partial charge is 0.416 e. The van der Waals surface area contributed by atoms with Crippen molar-refractivity contribution in [2.24, 2.45) is 4.99 Å². The topological polar surface area (TPSA) is 25.5 Å². The first kappa shape index (κ1) is 15.4. The van der Waals surface area contributed by atoms with Crippen LogP contribution in [0.15, 0.2) is 45.8 Å². The summed E-state index contributed by atoms with van der Waals surface area (Å²) in [4.78, 5) is 4.11. The number of benzene rings is 1. The van der Waals surface area contributed by atoms with Gasteiger partial charge in [-0.3, -0.25) is 4.99 Å². The van der Waals surface area contributed by atoms with Crippen molar-refractivity contribution in [2.75, 3.05) is 0 Å². The van der Waals surface area contributed by atoms with Crippen LogP contribution in [0.1, 0.15) is 37.9 Å². The summed E-state index contributed by atoms with van der Waals surface area (Å²) in [5.41, 5.74) is -0.341. The number of aliphatic imine (C=N–C) groups is 1. The fraction of sp³-hybridized carbons (Fsp3) is 0.312. The molecule has 2 rings (SSSR count). The molecule has 1 heterocycles. The molecular formula is C16H16F3NO. The Morgan fingerprint density at radius 1 is 0.952 bits per heavy atom. The summed E-state index contributed by atoms with van der Waals surface area (Å²) in [6.07, 6.45) is -2.83. The summed E-state index contributed by atoms with van der Waals surface area (Å²) >= 11 is 0. The van der Waals surface area contributed by atoms with Crippen LogP contribution in [0.2, 0.25) is 0 Å². The number of nitrogens with zero attached hydrogens (tertiary/aromatic N) is 1. The minimum atomic E-state index is -4.33. The van der Waals surface area contributed by atoms with Gasteiger partial charge in [0.25, 0.3) is 0 Å². The molecule has 0 fully saturated rings. The normalized spacial score (nSPS) is 13.0. The van der Waals surface area contributed by atoms with Gasteiger partial charge in [-0.05, 0) is 36.4 Å². The number of rotatable bonds is 2. The molecule has 0 saturated carbocycles. The molecule has 5 heteroatoms. The fourth-order valence-electron chi connectivity index (χ4n) is 1.70. The molecule has 1 aromatic carbocycles. The Bertz CT molecular complexity index is 631. The second-order valence-electron chi connectivity index (χ2n) is 5.75. The fourth-order valence-corrected chi connectivity index (χ4v) is 1.70. The standard InChI is InChI=1S/C16H16F3NO/c1-15(2,3)14-9-8-13(21-14)10-20-12-6-4-11(5-7-12)16(17,18)19/h4-10H,1-3H3. The molecule has 0 atom stereocenters. The van der Waals surface area contributed by atoms with Gasteiger partial charge in [-0.15, -0.1) is 0 Å². The van der Waals surface area contributed by atoms with Crippen LogP contribution in [-0.4, -0.2) is 6.21 Å². The van der Waals surface area contributed by atoms with Gasteiger partial charge in [-0.2, -0.15) is 13.2 Å².